The summed E-state index contributed by atoms with van der Waals surface area (Å²) in [5.74, 6) is 0.530. The van der Waals surface area contributed by atoms with Gasteiger partial charge in [-0.1, -0.05) is 29.8 Å². The number of benzene rings is 1. The van der Waals surface area contributed by atoms with Crippen molar-refractivity contribution in [3.05, 3.63) is 59.2 Å². The van der Waals surface area contributed by atoms with E-state index in [4.69, 9.17) is 11.6 Å². The highest BCUT2D eigenvalue weighted by Crippen LogP contribution is 2.10. The average molecular weight is 276 g/mol. The van der Waals surface area contributed by atoms with Crippen LogP contribution in [-0.4, -0.2) is 17.6 Å². The van der Waals surface area contributed by atoms with E-state index in [0.29, 0.717) is 17.4 Å². The predicted octanol–water partition coefficient (Wildman–Crippen LogP) is 3.10. The number of anilines is 1. The second kappa shape index (κ2) is 6.75. The van der Waals surface area contributed by atoms with Gasteiger partial charge in [-0.05, 0) is 36.2 Å². The molecule has 1 aromatic heterocycles. The van der Waals surface area contributed by atoms with E-state index in [-0.39, 0.29) is 6.03 Å². The van der Waals surface area contributed by atoms with Gasteiger partial charge in [0.1, 0.15) is 5.82 Å². The Labute approximate surface area is 116 Å². The van der Waals surface area contributed by atoms with Crippen molar-refractivity contribution in [1.29, 1.82) is 0 Å². The molecule has 0 spiro atoms. The van der Waals surface area contributed by atoms with Crippen LogP contribution >= 0.6 is 11.6 Å². The molecular formula is C14H14ClN3O. The van der Waals surface area contributed by atoms with Crippen LogP contribution in [0, 0.1) is 0 Å². The molecule has 0 aliphatic heterocycles. The highest BCUT2D eigenvalue weighted by atomic mass is 35.5. The molecule has 2 amide bonds. The summed E-state index contributed by atoms with van der Waals surface area (Å²) in [5.41, 5.74) is 1.09. The highest BCUT2D eigenvalue weighted by Gasteiger charge is 2.01. The Bertz CT molecular complexity index is 545. The van der Waals surface area contributed by atoms with Crippen LogP contribution in [0.3, 0.4) is 0 Å². The minimum atomic E-state index is -0.263. The zero-order chi connectivity index (χ0) is 13.5. The summed E-state index contributed by atoms with van der Waals surface area (Å²) in [4.78, 5) is 15.6. The Balaban J connectivity index is 1.75. The van der Waals surface area contributed by atoms with Gasteiger partial charge < -0.3 is 5.32 Å². The van der Waals surface area contributed by atoms with Gasteiger partial charge in [0.25, 0.3) is 0 Å². The van der Waals surface area contributed by atoms with Gasteiger partial charge >= 0.3 is 6.03 Å². The second-order valence-electron chi connectivity index (χ2n) is 3.98. The lowest BCUT2D eigenvalue weighted by molar-refractivity contribution is 0.252. The number of hydrogen-bond donors (Lipinski definition) is 2. The molecule has 98 valence electrons. The maximum Gasteiger partial charge on any atom is 0.320 e. The number of halogens is 1. The summed E-state index contributed by atoms with van der Waals surface area (Å²) in [6, 6.07) is 12.7. The van der Waals surface area contributed by atoms with Crippen molar-refractivity contribution in [1.82, 2.24) is 10.3 Å². The Hall–Kier alpha value is -2.07. The third-order valence-electron chi connectivity index (χ3n) is 2.49. The van der Waals surface area contributed by atoms with Crippen LogP contribution in [0.1, 0.15) is 5.56 Å². The van der Waals surface area contributed by atoms with Crippen molar-refractivity contribution in [2.45, 2.75) is 6.42 Å². The fraction of sp³-hybridized carbons (Fsp3) is 0.143. The van der Waals surface area contributed by atoms with Crippen molar-refractivity contribution >= 4 is 23.4 Å². The molecule has 0 atom stereocenters. The molecule has 0 unspecified atom stereocenters. The summed E-state index contributed by atoms with van der Waals surface area (Å²) in [7, 11) is 0. The first kappa shape index (κ1) is 13.4. The molecule has 2 aromatic rings. The molecule has 2 N–H and O–H groups in total. The minimum Gasteiger partial charge on any atom is -0.337 e. The SMILES string of the molecule is O=C(NCCc1cccc(Cl)c1)Nc1ccccn1. The van der Waals surface area contributed by atoms with Crippen molar-refractivity contribution in [3.8, 4) is 0 Å². The number of carbonyl (C=O) groups is 1. The zero-order valence-electron chi connectivity index (χ0n) is 10.3. The lowest BCUT2D eigenvalue weighted by atomic mass is 10.1. The Morgan fingerprint density at radius 2 is 2.11 bits per heavy atom. The van der Waals surface area contributed by atoms with Crippen LogP contribution in [0.2, 0.25) is 5.02 Å². The van der Waals surface area contributed by atoms with Crippen molar-refractivity contribution in [2.75, 3.05) is 11.9 Å². The van der Waals surface area contributed by atoms with Crippen LogP contribution in [0.25, 0.3) is 0 Å². The van der Waals surface area contributed by atoms with Gasteiger partial charge in [0.15, 0.2) is 0 Å². The van der Waals surface area contributed by atoms with Crippen LogP contribution < -0.4 is 10.6 Å². The summed E-state index contributed by atoms with van der Waals surface area (Å²) in [6.07, 6.45) is 2.36. The summed E-state index contributed by atoms with van der Waals surface area (Å²) in [6.45, 7) is 0.541. The van der Waals surface area contributed by atoms with E-state index in [0.717, 1.165) is 12.0 Å². The van der Waals surface area contributed by atoms with Gasteiger partial charge in [-0.15, -0.1) is 0 Å². The second-order valence-corrected chi connectivity index (χ2v) is 4.41. The molecule has 0 saturated heterocycles. The zero-order valence-corrected chi connectivity index (χ0v) is 11.0. The molecule has 2 rings (SSSR count). The lowest BCUT2D eigenvalue weighted by Crippen LogP contribution is -2.30. The number of urea groups is 1. The molecule has 0 radical (unpaired) electrons. The summed E-state index contributed by atoms with van der Waals surface area (Å²) >= 11 is 5.89. The molecular weight excluding hydrogens is 262 g/mol. The molecule has 1 heterocycles. The standard InChI is InChI=1S/C14H14ClN3O/c15-12-5-3-4-11(10-12)7-9-17-14(19)18-13-6-1-2-8-16-13/h1-6,8,10H,7,9H2,(H2,16,17,18,19). The third-order valence-corrected chi connectivity index (χ3v) is 2.73. The molecule has 0 saturated carbocycles. The van der Waals surface area contributed by atoms with Gasteiger partial charge in [0.05, 0.1) is 0 Å². The average Bonchev–Trinajstić information content (AvgIpc) is 2.40. The summed E-state index contributed by atoms with van der Waals surface area (Å²) in [5, 5.41) is 6.12. The monoisotopic (exact) mass is 275 g/mol. The molecule has 0 aliphatic rings. The van der Waals surface area contributed by atoms with E-state index in [9.17, 15) is 4.79 Å². The molecule has 5 heteroatoms. The maximum atomic E-state index is 11.6. The van der Waals surface area contributed by atoms with E-state index < -0.39 is 0 Å². The Morgan fingerprint density at radius 1 is 1.21 bits per heavy atom. The number of hydrogen-bond acceptors (Lipinski definition) is 2. The topological polar surface area (TPSA) is 54.0 Å². The van der Waals surface area contributed by atoms with Gasteiger partial charge in [0.2, 0.25) is 0 Å². The fourth-order valence-corrected chi connectivity index (χ4v) is 1.82. The van der Waals surface area contributed by atoms with Crippen molar-refractivity contribution < 1.29 is 4.79 Å². The van der Waals surface area contributed by atoms with E-state index in [2.05, 4.69) is 15.6 Å². The Kier molecular flexibility index (Phi) is 4.75. The number of amides is 2. The number of aromatic nitrogens is 1. The quantitative estimate of drug-likeness (QED) is 0.901. The minimum absolute atomic E-state index is 0.263. The van der Waals surface area contributed by atoms with Gasteiger partial charge in [-0.25, -0.2) is 9.78 Å². The molecule has 4 nitrogen and oxygen atoms in total. The van der Waals surface area contributed by atoms with Gasteiger partial charge in [-0.2, -0.15) is 0 Å². The van der Waals surface area contributed by atoms with Crippen molar-refractivity contribution in [2.24, 2.45) is 0 Å². The number of pyridine rings is 1. The van der Waals surface area contributed by atoms with E-state index in [1.165, 1.54) is 0 Å². The van der Waals surface area contributed by atoms with Crippen LogP contribution in [0.5, 0.6) is 0 Å². The Morgan fingerprint density at radius 3 is 2.84 bits per heavy atom. The molecule has 0 fully saturated rings. The maximum absolute atomic E-state index is 11.6. The molecule has 19 heavy (non-hydrogen) atoms. The van der Waals surface area contributed by atoms with E-state index in [1.807, 2.05) is 30.3 Å². The van der Waals surface area contributed by atoms with E-state index >= 15 is 0 Å². The normalized spacial score (nSPS) is 9.95. The first-order valence-corrected chi connectivity index (χ1v) is 6.32. The number of nitrogens with one attached hydrogen (secondary N) is 2. The van der Waals surface area contributed by atoms with Gasteiger partial charge in [-0.3, -0.25) is 5.32 Å². The number of nitrogens with zero attached hydrogens (tertiary/aromatic N) is 1. The largest absolute Gasteiger partial charge is 0.337 e. The van der Waals surface area contributed by atoms with E-state index in [1.54, 1.807) is 18.3 Å². The first-order chi connectivity index (χ1) is 9.24. The number of rotatable bonds is 4. The predicted molar refractivity (Wildman–Crippen MR) is 76.4 cm³/mol. The van der Waals surface area contributed by atoms with Crippen molar-refractivity contribution in [3.63, 3.8) is 0 Å². The highest BCUT2D eigenvalue weighted by molar-refractivity contribution is 6.30. The molecule has 0 bridgehead atoms. The summed E-state index contributed by atoms with van der Waals surface area (Å²) < 4.78 is 0. The third kappa shape index (κ3) is 4.60. The van der Waals surface area contributed by atoms with Gasteiger partial charge in [0, 0.05) is 17.8 Å². The lowest BCUT2D eigenvalue weighted by Gasteiger charge is -2.07. The molecule has 1 aromatic carbocycles. The van der Waals surface area contributed by atoms with Crippen LogP contribution in [-0.2, 0) is 6.42 Å². The first-order valence-electron chi connectivity index (χ1n) is 5.94. The smallest absolute Gasteiger partial charge is 0.320 e. The van der Waals surface area contributed by atoms with Crippen LogP contribution in [0.15, 0.2) is 48.7 Å². The fourth-order valence-electron chi connectivity index (χ4n) is 1.61. The molecule has 0 aliphatic carbocycles. The number of carbonyl (C=O) groups excluding carboxylic acids is 1. The van der Waals surface area contributed by atoms with Crippen LogP contribution in [0.4, 0.5) is 10.6 Å².